The zero-order valence-corrected chi connectivity index (χ0v) is 10.7. The Kier molecular flexibility index (Phi) is 2.81. The van der Waals surface area contributed by atoms with Crippen molar-refractivity contribution in [3.63, 3.8) is 0 Å². The van der Waals surface area contributed by atoms with Gasteiger partial charge in [-0.05, 0) is 41.9 Å². The summed E-state index contributed by atoms with van der Waals surface area (Å²) in [4.78, 5) is 0. The van der Waals surface area contributed by atoms with E-state index in [1.54, 1.807) is 6.07 Å². The van der Waals surface area contributed by atoms with Gasteiger partial charge in [-0.25, -0.2) is 4.39 Å². The van der Waals surface area contributed by atoms with Crippen molar-refractivity contribution < 1.29 is 4.39 Å². The quantitative estimate of drug-likeness (QED) is 0.696. The van der Waals surface area contributed by atoms with Gasteiger partial charge in [0.05, 0.1) is 0 Å². The van der Waals surface area contributed by atoms with Crippen molar-refractivity contribution >= 4 is 0 Å². The van der Waals surface area contributed by atoms with Crippen LogP contribution in [0.5, 0.6) is 0 Å². The SMILES string of the molecule is CC(C)C1(C(C)C)CCc2cccc(F)c21. The molecule has 0 N–H and O–H groups in total. The molecule has 2 rings (SSSR count). The van der Waals surface area contributed by atoms with Gasteiger partial charge in [0.2, 0.25) is 0 Å². The summed E-state index contributed by atoms with van der Waals surface area (Å²) in [5.74, 6) is 0.980. The van der Waals surface area contributed by atoms with E-state index < -0.39 is 0 Å². The van der Waals surface area contributed by atoms with E-state index in [0.717, 1.165) is 18.4 Å². The van der Waals surface area contributed by atoms with Crippen LogP contribution in [0, 0.1) is 17.7 Å². The zero-order valence-electron chi connectivity index (χ0n) is 10.7. The Morgan fingerprint density at radius 3 is 2.31 bits per heavy atom. The van der Waals surface area contributed by atoms with Gasteiger partial charge in [0, 0.05) is 5.41 Å². The molecule has 0 saturated carbocycles. The molecule has 0 saturated heterocycles. The van der Waals surface area contributed by atoms with Gasteiger partial charge in [0.15, 0.2) is 0 Å². The van der Waals surface area contributed by atoms with Gasteiger partial charge in [-0.3, -0.25) is 0 Å². The number of benzene rings is 1. The second-order valence-electron chi connectivity index (χ2n) is 5.62. The molecule has 0 atom stereocenters. The number of halogens is 1. The summed E-state index contributed by atoms with van der Waals surface area (Å²) in [6.07, 6.45) is 2.13. The maximum Gasteiger partial charge on any atom is 0.127 e. The molecule has 0 spiro atoms. The number of aryl methyl sites for hydroxylation is 1. The molecule has 1 aromatic carbocycles. The predicted molar refractivity (Wildman–Crippen MR) is 66.1 cm³/mol. The first-order valence-corrected chi connectivity index (χ1v) is 6.28. The van der Waals surface area contributed by atoms with Crippen molar-refractivity contribution in [1.29, 1.82) is 0 Å². The van der Waals surface area contributed by atoms with Crippen LogP contribution in [0.3, 0.4) is 0 Å². The maximum atomic E-state index is 14.1. The highest BCUT2D eigenvalue weighted by atomic mass is 19.1. The lowest BCUT2D eigenvalue weighted by Gasteiger charge is -2.39. The molecule has 1 aromatic rings. The molecule has 0 bridgehead atoms. The fourth-order valence-corrected chi connectivity index (χ4v) is 3.59. The molecule has 0 nitrogen and oxygen atoms in total. The Labute approximate surface area is 97.9 Å². The lowest BCUT2D eigenvalue weighted by atomic mass is 9.65. The second-order valence-corrected chi connectivity index (χ2v) is 5.62. The Morgan fingerprint density at radius 1 is 1.12 bits per heavy atom. The van der Waals surface area contributed by atoms with Crippen LogP contribution in [-0.2, 0) is 11.8 Å². The largest absolute Gasteiger partial charge is 0.207 e. The van der Waals surface area contributed by atoms with Gasteiger partial charge in [-0.1, -0.05) is 39.8 Å². The number of fused-ring (bicyclic) bond motifs is 1. The maximum absolute atomic E-state index is 14.1. The van der Waals surface area contributed by atoms with Crippen molar-refractivity contribution in [3.8, 4) is 0 Å². The van der Waals surface area contributed by atoms with E-state index in [1.807, 2.05) is 6.07 Å². The highest BCUT2D eigenvalue weighted by molar-refractivity contribution is 5.41. The van der Waals surface area contributed by atoms with Gasteiger partial charge < -0.3 is 0 Å². The van der Waals surface area contributed by atoms with Crippen LogP contribution in [0.25, 0.3) is 0 Å². The Balaban J connectivity index is 2.63. The Bertz CT molecular complexity index is 382. The summed E-state index contributed by atoms with van der Waals surface area (Å²) >= 11 is 0. The van der Waals surface area contributed by atoms with Crippen molar-refractivity contribution in [2.24, 2.45) is 11.8 Å². The third kappa shape index (κ3) is 1.41. The third-order valence-corrected chi connectivity index (χ3v) is 4.43. The van der Waals surface area contributed by atoms with E-state index in [-0.39, 0.29) is 11.2 Å². The molecule has 88 valence electrons. The summed E-state index contributed by atoms with van der Waals surface area (Å²) in [5, 5.41) is 0. The molecule has 0 unspecified atom stereocenters. The summed E-state index contributed by atoms with van der Waals surface area (Å²) in [7, 11) is 0. The van der Waals surface area contributed by atoms with E-state index in [2.05, 4.69) is 33.8 Å². The summed E-state index contributed by atoms with van der Waals surface area (Å²) in [6.45, 7) is 8.90. The van der Waals surface area contributed by atoms with Crippen LogP contribution in [-0.4, -0.2) is 0 Å². The van der Waals surface area contributed by atoms with Crippen molar-refractivity contribution in [1.82, 2.24) is 0 Å². The van der Waals surface area contributed by atoms with Crippen LogP contribution in [0.15, 0.2) is 18.2 Å². The monoisotopic (exact) mass is 220 g/mol. The molecule has 0 amide bonds. The van der Waals surface area contributed by atoms with Crippen molar-refractivity contribution in [3.05, 3.63) is 35.1 Å². The van der Waals surface area contributed by atoms with Gasteiger partial charge in [0.1, 0.15) is 5.82 Å². The van der Waals surface area contributed by atoms with E-state index in [9.17, 15) is 4.39 Å². The molecule has 0 fully saturated rings. The molecular weight excluding hydrogens is 199 g/mol. The molecule has 0 radical (unpaired) electrons. The second kappa shape index (κ2) is 3.87. The molecule has 0 aliphatic heterocycles. The first-order valence-electron chi connectivity index (χ1n) is 6.28. The molecule has 1 heteroatoms. The predicted octanol–water partition coefficient (Wildman–Crippen LogP) is 4.32. The molecule has 1 aliphatic rings. The average Bonchev–Trinajstić information content (AvgIpc) is 2.59. The number of hydrogen-bond acceptors (Lipinski definition) is 0. The number of hydrogen-bond donors (Lipinski definition) is 0. The highest BCUT2D eigenvalue weighted by Crippen LogP contribution is 2.50. The van der Waals surface area contributed by atoms with Gasteiger partial charge in [-0.2, -0.15) is 0 Å². The van der Waals surface area contributed by atoms with E-state index >= 15 is 0 Å². The summed E-state index contributed by atoms with van der Waals surface area (Å²) < 4.78 is 14.1. The summed E-state index contributed by atoms with van der Waals surface area (Å²) in [6, 6.07) is 5.54. The van der Waals surface area contributed by atoms with Crippen molar-refractivity contribution in [2.45, 2.75) is 46.0 Å². The van der Waals surface area contributed by atoms with Crippen LogP contribution >= 0.6 is 0 Å². The van der Waals surface area contributed by atoms with Crippen LogP contribution in [0.2, 0.25) is 0 Å². The normalized spacial score (nSPS) is 18.2. The average molecular weight is 220 g/mol. The first-order chi connectivity index (χ1) is 7.50. The minimum atomic E-state index is -0.00241. The smallest absolute Gasteiger partial charge is 0.127 e. The van der Waals surface area contributed by atoms with Gasteiger partial charge in [-0.15, -0.1) is 0 Å². The fraction of sp³-hybridized carbons (Fsp3) is 0.600. The van der Waals surface area contributed by atoms with Crippen LogP contribution in [0.4, 0.5) is 4.39 Å². The molecular formula is C15H21F. The molecule has 0 heterocycles. The van der Waals surface area contributed by atoms with E-state index in [4.69, 9.17) is 0 Å². The lowest BCUT2D eigenvalue weighted by Crippen LogP contribution is -2.36. The van der Waals surface area contributed by atoms with Crippen LogP contribution < -0.4 is 0 Å². The zero-order chi connectivity index (χ0) is 11.9. The topological polar surface area (TPSA) is 0 Å². The van der Waals surface area contributed by atoms with Gasteiger partial charge in [0.25, 0.3) is 0 Å². The third-order valence-electron chi connectivity index (χ3n) is 4.43. The molecule has 0 aromatic heterocycles. The van der Waals surface area contributed by atoms with E-state index in [0.29, 0.717) is 11.8 Å². The lowest BCUT2D eigenvalue weighted by molar-refractivity contribution is 0.212. The minimum absolute atomic E-state index is 0.00241. The highest BCUT2D eigenvalue weighted by Gasteiger charge is 2.45. The fourth-order valence-electron chi connectivity index (χ4n) is 3.59. The standard InChI is InChI=1S/C15H21F/c1-10(2)15(11(3)4)9-8-12-6-5-7-13(16)14(12)15/h5-7,10-11H,8-9H2,1-4H3. The summed E-state index contributed by atoms with van der Waals surface area (Å²) in [5.41, 5.74) is 2.27. The van der Waals surface area contributed by atoms with Gasteiger partial charge >= 0.3 is 0 Å². The van der Waals surface area contributed by atoms with E-state index in [1.165, 1.54) is 5.56 Å². The van der Waals surface area contributed by atoms with Crippen LogP contribution in [0.1, 0.15) is 45.2 Å². The Hall–Kier alpha value is -0.850. The van der Waals surface area contributed by atoms with Crippen molar-refractivity contribution in [2.75, 3.05) is 0 Å². The Morgan fingerprint density at radius 2 is 1.75 bits per heavy atom. The minimum Gasteiger partial charge on any atom is -0.207 e. The molecule has 16 heavy (non-hydrogen) atoms. The first kappa shape index (κ1) is 11.6. The number of rotatable bonds is 2. The molecule has 1 aliphatic carbocycles.